The van der Waals surface area contributed by atoms with E-state index in [4.69, 9.17) is 20.9 Å². The van der Waals surface area contributed by atoms with Crippen LogP contribution in [0.2, 0.25) is 0 Å². The molecule has 0 saturated carbocycles. The first kappa shape index (κ1) is 15.3. The number of ether oxygens (including phenoxy) is 2. The monoisotopic (exact) mass is 269 g/mol. The molecule has 19 heavy (non-hydrogen) atoms. The number of nitrogens with zero attached hydrogens (tertiary/aromatic N) is 3. The van der Waals surface area contributed by atoms with Crippen LogP contribution in [0, 0.1) is 5.92 Å². The molecule has 1 atom stereocenters. The second-order valence-electron chi connectivity index (χ2n) is 4.99. The zero-order valence-electron chi connectivity index (χ0n) is 12.2. The van der Waals surface area contributed by atoms with Crippen molar-refractivity contribution < 1.29 is 9.47 Å². The van der Waals surface area contributed by atoms with E-state index in [0.717, 1.165) is 0 Å². The first-order valence-corrected chi connectivity index (χ1v) is 6.20. The Hall–Kier alpha value is -1.76. The Kier molecular flexibility index (Phi) is 5.17. The lowest BCUT2D eigenvalue weighted by Gasteiger charge is -2.22. The molecule has 0 aliphatic rings. The highest BCUT2D eigenvalue weighted by molar-refractivity contribution is 5.58. The van der Waals surface area contributed by atoms with Gasteiger partial charge in [0.2, 0.25) is 17.7 Å². The second-order valence-corrected chi connectivity index (χ2v) is 4.99. The lowest BCUT2D eigenvalue weighted by atomic mass is 10.2. The standard InChI is InChI=1S/C12H23N5O2/c1-7(2)6-18-10-9(13)11(16-12(14)15-10)19-8(3)17(4)5/h7-8H,6,13H2,1-5H3,(H2,14,15,16). The number of aromatic nitrogens is 2. The molecule has 7 heteroatoms. The molecule has 1 heterocycles. The normalized spacial score (nSPS) is 12.8. The molecule has 0 aromatic carbocycles. The van der Waals surface area contributed by atoms with Crippen molar-refractivity contribution in [2.24, 2.45) is 5.92 Å². The predicted octanol–water partition coefficient (Wildman–Crippen LogP) is 0.962. The largest absolute Gasteiger partial charge is 0.476 e. The second kappa shape index (κ2) is 6.42. The Morgan fingerprint density at radius 3 is 2.21 bits per heavy atom. The minimum Gasteiger partial charge on any atom is -0.476 e. The minimum absolute atomic E-state index is 0.0777. The van der Waals surface area contributed by atoms with Crippen molar-refractivity contribution >= 4 is 11.6 Å². The molecule has 1 rings (SSSR count). The van der Waals surface area contributed by atoms with E-state index in [1.54, 1.807) is 0 Å². The van der Waals surface area contributed by atoms with Gasteiger partial charge in [0, 0.05) is 0 Å². The highest BCUT2D eigenvalue weighted by Gasteiger charge is 2.16. The van der Waals surface area contributed by atoms with Gasteiger partial charge in [0.25, 0.3) is 0 Å². The fourth-order valence-corrected chi connectivity index (χ4v) is 1.16. The van der Waals surface area contributed by atoms with Crippen LogP contribution in [0.5, 0.6) is 11.8 Å². The van der Waals surface area contributed by atoms with E-state index in [1.165, 1.54) is 0 Å². The van der Waals surface area contributed by atoms with Crippen molar-refractivity contribution in [3.8, 4) is 11.8 Å². The van der Waals surface area contributed by atoms with E-state index in [0.29, 0.717) is 12.5 Å². The van der Waals surface area contributed by atoms with Gasteiger partial charge in [0.05, 0.1) is 6.61 Å². The molecule has 1 aromatic heterocycles. The van der Waals surface area contributed by atoms with Gasteiger partial charge in [-0.1, -0.05) is 13.8 Å². The van der Waals surface area contributed by atoms with Crippen molar-refractivity contribution in [1.29, 1.82) is 0 Å². The predicted molar refractivity (Wildman–Crippen MR) is 75.0 cm³/mol. The molecule has 0 amide bonds. The third kappa shape index (κ3) is 4.44. The molecule has 0 bridgehead atoms. The van der Waals surface area contributed by atoms with Crippen molar-refractivity contribution in [1.82, 2.24) is 14.9 Å². The van der Waals surface area contributed by atoms with Crippen LogP contribution < -0.4 is 20.9 Å². The molecule has 0 spiro atoms. The third-order valence-electron chi connectivity index (χ3n) is 2.46. The van der Waals surface area contributed by atoms with E-state index < -0.39 is 0 Å². The van der Waals surface area contributed by atoms with E-state index in [9.17, 15) is 0 Å². The van der Waals surface area contributed by atoms with E-state index >= 15 is 0 Å². The fraction of sp³-hybridized carbons (Fsp3) is 0.667. The minimum atomic E-state index is -0.186. The van der Waals surface area contributed by atoms with Crippen LogP contribution in [0.4, 0.5) is 11.6 Å². The van der Waals surface area contributed by atoms with Crippen molar-refractivity contribution in [2.45, 2.75) is 27.0 Å². The zero-order valence-corrected chi connectivity index (χ0v) is 12.2. The maximum absolute atomic E-state index is 5.94. The third-order valence-corrected chi connectivity index (χ3v) is 2.46. The molecule has 1 unspecified atom stereocenters. The summed E-state index contributed by atoms with van der Waals surface area (Å²) in [6, 6.07) is 0. The van der Waals surface area contributed by atoms with Crippen LogP contribution in [-0.4, -0.2) is 41.8 Å². The summed E-state index contributed by atoms with van der Waals surface area (Å²) in [5.74, 6) is 0.948. The first-order chi connectivity index (χ1) is 8.81. The van der Waals surface area contributed by atoms with Crippen molar-refractivity contribution in [3.63, 3.8) is 0 Å². The van der Waals surface area contributed by atoms with Crippen molar-refractivity contribution in [3.05, 3.63) is 0 Å². The average molecular weight is 269 g/mol. The maximum atomic E-state index is 5.94. The van der Waals surface area contributed by atoms with Crippen LogP contribution in [0.25, 0.3) is 0 Å². The van der Waals surface area contributed by atoms with Crippen LogP contribution in [0.1, 0.15) is 20.8 Å². The summed E-state index contributed by atoms with van der Waals surface area (Å²) >= 11 is 0. The summed E-state index contributed by atoms with van der Waals surface area (Å²) in [5, 5.41) is 0. The number of hydrogen-bond donors (Lipinski definition) is 2. The molecular weight excluding hydrogens is 246 g/mol. The van der Waals surface area contributed by atoms with Crippen LogP contribution in [-0.2, 0) is 0 Å². The number of rotatable bonds is 6. The Morgan fingerprint density at radius 1 is 1.11 bits per heavy atom. The highest BCUT2D eigenvalue weighted by Crippen LogP contribution is 2.29. The highest BCUT2D eigenvalue weighted by atomic mass is 16.5. The average Bonchev–Trinajstić information content (AvgIpc) is 2.31. The van der Waals surface area contributed by atoms with E-state index in [2.05, 4.69) is 9.97 Å². The summed E-state index contributed by atoms with van der Waals surface area (Å²) in [6.45, 7) is 6.45. The number of nitrogen functional groups attached to an aromatic ring is 2. The summed E-state index contributed by atoms with van der Waals surface area (Å²) < 4.78 is 11.1. The lowest BCUT2D eigenvalue weighted by molar-refractivity contribution is 0.0773. The quantitative estimate of drug-likeness (QED) is 0.742. The Balaban J connectivity index is 2.92. The topological polar surface area (TPSA) is 99.5 Å². The first-order valence-electron chi connectivity index (χ1n) is 6.20. The fourth-order valence-electron chi connectivity index (χ4n) is 1.16. The summed E-state index contributed by atoms with van der Waals surface area (Å²) in [7, 11) is 3.78. The molecule has 0 aliphatic carbocycles. The smallest absolute Gasteiger partial charge is 0.247 e. The van der Waals surface area contributed by atoms with Gasteiger partial charge in [-0.3, -0.25) is 4.90 Å². The van der Waals surface area contributed by atoms with Crippen LogP contribution in [0.3, 0.4) is 0 Å². The van der Waals surface area contributed by atoms with E-state index in [1.807, 2.05) is 39.8 Å². The zero-order chi connectivity index (χ0) is 14.6. The Bertz CT molecular complexity index is 423. The van der Waals surface area contributed by atoms with Crippen LogP contribution >= 0.6 is 0 Å². The molecule has 0 aliphatic heterocycles. The van der Waals surface area contributed by atoms with Crippen LogP contribution in [0.15, 0.2) is 0 Å². The van der Waals surface area contributed by atoms with E-state index in [-0.39, 0.29) is 29.6 Å². The summed E-state index contributed by atoms with van der Waals surface area (Å²) in [5.41, 5.74) is 11.8. The Labute approximate surface area is 113 Å². The molecular formula is C12H23N5O2. The molecule has 0 fully saturated rings. The lowest BCUT2D eigenvalue weighted by Crippen LogP contribution is -2.31. The molecule has 7 nitrogen and oxygen atoms in total. The number of anilines is 2. The maximum Gasteiger partial charge on any atom is 0.247 e. The van der Waals surface area contributed by atoms with Gasteiger partial charge in [-0.25, -0.2) is 0 Å². The summed E-state index contributed by atoms with van der Waals surface area (Å²) in [6.07, 6.45) is -0.186. The summed E-state index contributed by atoms with van der Waals surface area (Å²) in [4.78, 5) is 9.86. The molecule has 0 radical (unpaired) electrons. The van der Waals surface area contributed by atoms with Gasteiger partial charge >= 0.3 is 0 Å². The van der Waals surface area contributed by atoms with Gasteiger partial charge in [-0.05, 0) is 26.9 Å². The van der Waals surface area contributed by atoms with Gasteiger partial charge in [0.1, 0.15) is 0 Å². The SMILES string of the molecule is CC(C)COc1nc(N)nc(OC(C)N(C)C)c1N. The number of hydrogen-bond acceptors (Lipinski definition) is 7. The molecule has 108 valence electrons. The molecule has 1 aromatic rings. The molecule has 0 saturated heterocycles. The van der Waals surface area contributed by atoms with Gasteiger partial charge in [-0.15, -0.1) is 0 Å². The van der Waals surface area contributed by atoms with Gasteiger partial charge in [0.15, 0.2) is 11.9 Å². The molecule has 4 N–H and O–H groups in total. The van der Waals surface area contributed by atoms with Gasteiger partial charge in [-0.2, -0.15) is 9.97 Å². The van der Waals surface area contributed by atoms with Crippen molar-refractivity contribution in [2.75, 3.05) is 32.2 Å². The number of nitrogens with two attached hydrogens (primary N) is 2. The van der Waals surface area contributed by atoms with Gasteiger partial charge < -0.3 is 20.9 Å². The Morgan fingerprint density at radius 2 is 1.68 bits per heavy atom.